The molecule has 0 radical (unpaired) electrons. The zero-order valence-corrected chi connectivity index (χ0v) is 13.5. The standard InChI is InChI=1S/C20H12N4O2/c25-19-12-6-1-3-8-14(12)22-18(23-19)16-10-5-11-17-21-15-9-4-2-7-13(15)20(26)24(16)17/h1-11H,(H,22,23,25). The third-order valence-corrected chi connectivity index (χ3v) is 4.40. The molecule has 0 aliphatic heterocycles. The van der Waals surface area contributed by atoms with Gasteiger partial charge in [-0.15, -0.1) is 0 Å². The van der Waals surface area contributed by atoms with E-state index in [9.17, 15) is 9.59 Å². The molecule has 3 aromatic heterocycles. The lowest BCUT2D eigenvalue weighted by Crippen LogP contribution is -2.19. The summed E-state index contributed by atoms with van der Waals surface area (Å²) in [5.41, 5.74) is 1.76. The first-order chi connectivity index (χ1) is 12.7. The second kappa shape index (κ2) is 5.35. The van der Waals surface area contributed by atoms with Crippen LogP contribution in [0.4, 0.5) is 0 Å². The molecule has 0 saturated carbocycles. The second-order valence-corrected chi connectivity index (χ2v) is 5.97. The summed E-state index contributed by atoms with van der Waals surface area (Å²) < 4.78 is 1.48. The van der Waals surface area contributed by atoms with Crippen LogP contribution in [0, 0.1) is 0 Å². The van der Waals surface area contributed by atoms with E-state index in [0.717, 1.165) is 0 Å². The van der Waals surface area contributed by atoms with Gasteiger partial charge in [-0.25, -0.2) is 9.97 Å². The second-order valence-electron chi connectivity index (χ2n) is 5.97. The van der Waals surface area contributed by atoms with Gasteiger partial charge in [0.05, 0.1) is 27.5 Å². The van der Waals surface area contributed by atoms with E-state index in [-0.39, 0.29) is 11.1 Å². The maximum absolute atomic E-state index is 13.0. The van der Waals surface area contributed by atoms with Gasteiger partial charge in [0.25, 0.3) is 11.1 Å². The van der Waals surface area contributed by atoms with Crippen molar-refractivity contribution >= 4 is 27.5 Å². The number of benzene rings is 2. The first-order valence-corrected chi connectivity index (χ1v) is 8.12. The molecule has 0 bridgehead atoms. The van der Waals surface area contributed by atoms with Crippen molar-refractivity contribution in [3.05, 3.63) is 87.4 Å². The van der Waals surface area contributed by atoms with E-state index in [1.165, 1.54) is 4.40 Å². The van der Waals surface area contributed by atoms with Crippen LogP contribution in [0.1, 0.15) is 0 Å². The minimum absolute atomic E-state index is 0.197. The number of nitrogens with zero attached hydrogens (tertiary/aromatic N) is 3. The van der Waals surface area contributed by atoms with E-state index in [1.54, 1.807) is 54.6 Å². The molecule has 124 valence electrons. The first-order valence-electron chi connectivity index (χ1n) is 8.12. The summed E-state index contributed by atoms with van der Waals surface area (Å²) in [6.07, 6.45) is 0. The molecule has 6 nitrogen and oxygen atoms in total. The van der Waals surface area contributed by atoms with Gasteiger partial charge in [-0.3, -0.25) is 14.0 Å². The number of rotatable bonds is 1. The summed E-state index contributed by atoms with van der Waals surface area (Å²) in [6, 6.07) is 19.6. The number of aromatic nitrogens is 4. The van der Waals surface area contributed by atoms with E-state index >= 15 is 0 Å². The molecule has 0 aliphatic carbocycles. The lowest BCUT2D eigenvalue weighted by atomic mass is 10.2. The monoisotopic (exact) mass is 340 g/mol. The van der Waals surface area contributed by atoms with E-state index < -0.39 is 0 Å². The predicted molar refractivity (Wildman–Crippen MR) is 100 cm³/mol. The number of H-pyrrole nitrogens is 1. The number of aromatic amines is 1. The average molecular weight is 340 g/mol. The lowest BCUT2D eigenvalue weighted by Gasteiger charge is -2.09. The summed E-state index contributed by atoms with van der Waals surface area (Å²) >= 11 is 0. The summed E-state index contributed by atoms with van der Waals surface area (Å²) in [5.74, 6) is 0.332. The molecule has 1 N–H and O–H groups in total. The molecule has 0 saturated heterocycles. The zero-order valence-electron chi connectivity index (χ0n) is 13.5. The highest BCUT2D eigenvalue weighted by Gasteiger charge is 2.12. The van der Waals surface area contributed by atoms with Crippen molar-refractivity contribution in [2.24, 2.45) is 0 Å². The summed E-state index contributed by atoms with van der Waals surface area (Å²) in [6.45, 7) is 0. The molecule has 0 spiro atoms. The first kappa shape index (κ1) is 14.5. The van der Waals surface area contributed by atoms with Crippen molar-refractivity contribution < 1.29 is 0 Å². The lowest BCUT2D eigenvalue weighted by molar-refractivity contribution is 1.05. The van der Waals surface area contributed by atoms with Crippen molar-refractivity contribution in [1.29, 1.82) is 0 Å². The number of fused-ring (bicyclic) bond motifs is 3. The quantitative estimate of drug-likeness (QED) is 0.476. The minimum Gasteiger partial charge on any atom is -0.305 e. The fourth-order valence-corrected chi connectivity index (χ4v) is 3.19. The van der Waals surface area contributed by atoms with E-state index in [2.05, 4.69) is 15.0 Å². The molecule has 26 heavy (non-hydrogen) atoms. The Balaban J connectivity index is 1.92. The predicted octanol–water partition coefficient (Wildman–Crippen LogP) is 2.75. The van der Waals surface area contributed by atoms with Crippen LogP contribution in [-0.2, 0) is 0 Å². The molecule has 2 aromatic carbocycles. The molecule has 0 fully saturated rings. The fourth-order valence-electron chi connectivity index (χ4n) is 3.19. The number of hydrogen-bond acceptors (Lipinski definition) is 4. The van der Waals surface area contributed by atoms with Crippen LogP contribution in [0.15, 0.2) is 76.3 Å². The van der Waals surface area contributed by atoms with E-state index in [1.807, 2.05) is 12.1 Å². The smallest absolute Gasteiger partial charge is 0.266 e. The van der Waals surface area contributed by atoms with Crippen LogP contribution >= 0.6 is 0 Å². The van der Waals surface area contributed by atoms with Gasteiger partial charge in [0.1, 0.15) is 5.65 Å². The molecule has 0 unspecified atom stereocenters. The van der Waals surface area contributed by atoms with Crippen molar-refractivity contribution in [3.8, 4) is 11.5 Å². The molecule has 6 heteroatoms. The Bertz CT molecular complexity index is 1430. The molecular weight excluding hydrogens is 328 g/mol. The van der Waals surface area contributed by atoms with Gasteiger partial charge >= 0.3 is 0 Å². The van der Waals surface area contributed by atoms with Crippen LogP contribution in [0.3, 0.4) is 0 Å². The molecule has 5 aromatic rings. The Morgan fingerprint density at radius 3 is 2.23 bits per heavy atom. The molecule has 0 atom stereocenters. The van der Waals surface area contributed by atoms with Crippen LogP contribution in [0.25, 0.3) is 39.0 Å². The van der Waals surface area contributed by atoms with Crippen molar-refractivity contribution in [3.63, 3.8) is 0 Å². The third-order valence-electron chi connectivity index (χ3n) is 4.40. The van der Waals surface area contributed by atoms with Gasteiger partial charge in [0.2, 0.25) is 0 Å². The zero-order chi connectivity index (χ0) is 17.7. The Hall–Kier alpha value is -3.80. The normalized spacial score (nSPS) is 11.4. The van der Waals surface area contributed by atoms with Crippen molar-refractivity contribution in [2.45, 2.75) is 0 Å². The van der Waals surface area contributed by atoms with E-state index in [4.69, 9.17) is 0 Å². The van der Waals surface area contributed by atoms with Crippen LogP contribution in [0.5, 0.6) is 0 Å². The Morgan fingerprint density at radius 2 is 1.42 bits per heavy atom. The van der Waals surface area contributed by atoms with Crippen LogP contribution in [0.2, 0.25) is 0 Å². The van der Waals surface area contributed by atoms with Gasteiger partial charge in [-0.1, -0.05) is 30.3 Å². The molecular formula is C20H12N4O2. The topological polar surface area (TPSA) is 80.1 Å². The molecule has 3 heterocycles. The van der Waals surface area contributed by atoms with Crippen LogP contribution in [-0.4, -0.2) is 19.4 Å². The Morgan fingerprint density at radius 1 is 0.731 bits per heavy atom. The maximum Gasteiger partial charge on any atom is 0.266 e. The third kappa shape index (κ3) is 2.05. The number of nitrogens with one attached hydrogen (secondary N) is 1. The van der Waals surface area contributed by atoms with Gasteiger partial charge in [-0.05, 0) is 36.4 Å². The average Bonchev–Trinajstić information content (AvgIpc) is 2.68. The highest BCUT2D eigenvalue weighted by molar-refractivity contribution is 5.81. The van der Waals surface area contributed by atoms with Crippen molar-refractivity contribution in [2.75, 3.05) is 0 Å². The van der Waals surface area contributed by atoms with Crippen LogP contribution < -0.4 is 11.1 Å². The summed E-state index contributed by atoms with van der Waals surface area (Å²) in [4.78, 5) is 37.3. The van der Waals surface area contributed by atoms with Crippen molar-refractivity contribution in [1.82, 2.24) is 19.4 Å². The van der Waals surface area contributed by atoms with Gasteiger partial charge < -0.3 is 4.98 Å². The van der Waals surface area contributed by atoms with Gasteiger partial charge in [0.15, 0.2) is 5.82 Å². The summed E-state index contributed by atoms with van der Waals surface area (Å²) in [5, 5.41) is 1.02. The highest BCUT2D eigenvalue weighted by atomic mass is 16.1. The SMILES string of the molecule is O=c1[nH]c(-c2cccc3nc4ccccc4c(=O)n23)nc2ccccc12. The molecule has 0 amide bonds. The number of hydrogen-bond donors (Lipinski definition) is 1. The minimum atomic E-state index is -0.246. The summed E-state index contributed by atoms with van der Waals surface area (Å²) in [7, 11) is 0. The number of para-hydroxylation sites is 2. The molecule has 5 rings (SSSR count). The molecule has 0 aliphatic rings. The highest BCUT2D eigenvalue weighted by Crippen LogP contribution is 2.18. The number of pyridine rings is 1. The Labute approximate surface area is 146 Å². The van der Waals surface area contributed by atoms with Gasteiger partial charge in [0, 0.05) is 0 Å². The largest absolute Gasteiger partial charge is 0.305 e. The fraction of sp³-hybridized carbons (Fsp3) is 0. The van der Waals surface area contributed by atoms with E-state index in [0.29, 0.717) is 39.0 Å². The Kier molecular flexibility index (Phi) is 2.99. The van der Waals surface area contributed by atoms with Gasteiger partial charge in [-0.2, -0.15) is 0 Å². The maximum atomic E-state index is 13.0.